The lowest BCUT2D eigenvalue weighted by Gasteiger charge is -2.14. The van der Waals surface area contributed by atoms with E-state index in [0.717, 1.165) is 5.56 Å². The Morgan fingerprint density at radius 2 is 1.95 bits per heavy atom. The van der Waals surface area contributed by atoms with E-state index in [1.807, 2.05) is 30.3 Å². The molecule has 0 unspecified atom stereocenters. The first-order valence-corrected chi connectivity index (χ1v) is 7.42. The minimum absolute atomic E-state index is 0.195. The first-order chi connectivity index (χ1) is 9.50. The van der Waals surface area contributed by atoms with Crippen LogP contribution >= 0.6 is 23.1 Å². The molecule has 108 valence electrons. The molecule has 0 fully saturated rings. The van der Waals surface area contributed by atoms with Crippen molar-refractivity contribution in [3.8, 4) is 0 Å². The summed E-state index contributed by atoms with van der Waals surface area (Å²) in [6.45, 7) is 0. The van der Waals surface area contributed by atoms with Gasteiger partial charge in [-0.1, -0.05) is 53.4 Å². The molecule has 0 bridgehead atoms. The molecule has 0 aliphatic heterocycles. The Morgan fingerprint density at radius 3 is 2.50 bits per heavy atom. The number of nitrogens with zero attached hydrogens (tertiary/aromatic N) is 2. The second-order valence-electron chi connectivity index (χ2n) is 3.82. The van der Waals surface area contributed by atoms with Crippen LogP contribution in [-0.2, 0) is 10.9 Å². The number of thioether (sulfide) groups is 1. The third kappa shape index (κ3) is 3.94. The number of benzene rings is 1. The summed E-state index contributed by atoms with van der Waals surface area (Å²) in [5.74, 6) is 0.479. The number of methoxy groups -OCH3 is 1. The molecule has 2 aromatic rings. The molecule has 0 aliphatic carbocycles. The van der Waals surface area contributed by atoms with Crippen molar-refractivity contribution in [3.63, 3.8) is 0 Å². The van der Waals surface area contributed by atoms with Crippen LogP contribution in [0.1, 0.15) is 16.7 Å². The summed E-state index contributed by atoms with van der Waals surface area (Å²) in [5.41, 5.74) is 0.975. The smallest absolute Gasteiger partial charge is 0.376 e. The first kappa shape index (κ1) is 15.3. The third-order valence-corrected chi connectivity index (χ3v) is 4.63. The summed E-state index contributed by atoms with van der Waals surface area (Å²) in [7, 11) is 1.57. The second kappa shape index (κ2) is 6.55. The predicted octanol–water partition coefficient (Wildman–Crippen LogP) is 4.04. The van der Waals surface area contributed by atoms with E-state index in [9.17, 15) is 13.2 Å². The Labute approximate surface area is 122 Å². The van der Waals surface area contributed by atoms with E-state index in [2.05, 4.69) is 10.2 Å². The number of halogens is 3. The maximum Gasteiger partial charge on any atom is 0.445 e. The fourth-order valence-electron chi connectivity index (χ4n) is 1.50. The van der Waals surface area contributed by atoms with Crippen molar-refractivity contribution in [1.82, 2.24) is 10.2 Å². The van der Waals surface area contributed by atoms with Crippen molar-refractivity contribution in [1.29, 1.82) is 0 Å². The Hall–Kier alpha value is -1.12. The Bertz CT molecular complexity index is 545. The summed E-state index contributed by atoms with van der Waals surface area (Å²) in [6.07, 6.45) is -4.63. The minimum Gasteiger partial charge on any atom is -0.376 e. The molecule has 0 saturated heterocycles. The van der Waals surface area contributed by atoms with Crippen LogP contribution in [0.25, 0.3) is 0 Å². The van der Waals surface area contributed by atoms with Gasteiger partial charge in [0.1, 0.15) is 0 Å². The standard InChI is InChI=1S/C12H11F3N2OS2/c1-18-9(8-5-3-2-4-6-8)7-19-11-17-16-10(20-11)12(13,14)15/h2-6,9H,7H2,1H3/t9-/m0/s1. The number of rotatable bonds is 5. The molecule has 0 N–H and O–H groups in total. The average Bonchev–Trinajstić information content (AvgIpc) is 2.89. The fourth-order valence-corrected chi connectivity index (χ4v) is 3.34. The third-order valence-electron chi connectivity index (χ3n) is 2.46. The lowest BCUT2D eigenvalue weighted by atomic mass is 10.1. The summed E-state index contributed by atoms with van der Waals surface area (Å²) >= 11 is 1.75. The number of aromatic nitrogens is 2. The van der Waals surface area contributed by atoms with Gasteiger partial charge in [-0.05, 0) is 5.56 Å². The zero-order valence-corrected chi connectivity index (χ0v) is 12.1. The first-order valence-electron chi connectivity index (χ1n) is 5.62. The van der Waals surface area contributed by atoms with Crippen LogP contribution in [0.3, 0.4) is 0 Å². The van der Waals surface area contributed by atoms with Gasteiger partial charge in [-0.25, -0.2) is 0 Å². The summed E-state index contributed by atoms with van der Waals surface area (Å²) in [5, 5.41) is 5.76. The molecule has 0 amide bonds. The van der Waals surface area contributed by atoms with Crippen LogP contribution in [0.2, 0.25) is 0 Å². The van der Waals surface area contributed by atoms with Crippen molar-refractivity contribution < 1.29 is 17.9 Å². The van der Waals surface area contributed by atoms with Crippen molar-refractivity contribution in [2.75, 3.05) is 12.9 Å². The van der Waals surface area contributed by atoms with Crippen molar-refractivity contribution >= 4 is 23.1 Å². The van der Waals surface area contributed by atoms with E-state index in [1.165, 1.54) is 11.8 Å². The van der Waals surface area contributed by atoms with Crippen molar-refractivity contribution in [3.05, 3.63) is 40.9 Å². The highest BCUT2D eigenvalue weighted by atomic mass is 32.2. The van der Waals surface area contributed by atoms with E-state index in [4.69, 9.17) is 4.74 Å². The lowest BCUT2D eigenvalue weighted by molar-refractivity contribution is -0.138. The SMILES string of the molecule is CO[C@@H](CSc1nnc(C(F)(F)F)s1)c1ccccc1. The second-order valence-corrected chi connectivity index (χ2v) is 6.06. The van der Waals surface area contributed by atoms with Crippen LogP contribution in [0.15, 0.2) is 34.7 Å². The van der Waals surface area contributed by atoms with Crippen LogP contribution in [0, 0.1) is 0 Å². The maximum absolute atomic E-state index is 12.4. The molecule has 0 aliphatic rings. The van der Waals surface area contributed by atoms with Gasteiger partial charge in [0, 0.05) is 12.9 Å². The fraction of sp³-hybridized carbons (Fsp3) is 0.333. The summed E-state index contributed by atoms with van der Waals surface area (Å²) in [6, 6.07) is 9.49. The maximum atomic E-state index is 12.4. The van der Waals surface area contributed by atoms with Crippen LogP contribution < -0.4 is 0 Å². The molecular formula is C12H11F3N2OS2. The van der Waals surface area contributed by atoms with Crippen LogP contribution in [-0.4, -0.2) is 23.1 Å². The molecule has 1 atom stereocenters. The van der Waals surface area contributed by atoms with E-state index in [0.29, 0.717) is 17.1 Å². The Balaban J connectivity index is 1.99. The monoisotopic (exact) mass is 320 g/mol. The highest BCUT2D eigenvalue weighted by Gasteiger charge is 2.35. The average molecular weight is 320 g/mol. The van der Waals surface area contributed by atoms with Gasteiger partial charge in [-0.3, -0.25) is 0 Å². The molecule has 3 nitrogen and oxygen atoms in total. The molecule has 8 heteroatoms. The zero-order chi connectivity index (χ0) is 14.6. The van der Waals surface area contributed by atoms with Crippen LogP contribution in [0.4, 0.5) is 13.2 Å². The highest BCUT2D eigenvalue weighted by Crippen LogP contribution is 2.35. The molecular weight excluding hydrogens is 309 g/mol. The normalized spacial score (nSPS) is 13.4. The van der Waals surface area contributed by atoms with E-state index >= 15 is 0 Å². The van der Waals surface area contributed by atoms with Crippen molar-refractivity contribution in [2.45, 2.75) is 16.6 Å². The Morgan fingerprint density at radius 1 is 1.25 bits per heavy atom. The van der Waals surface area contributed by atoms with Crippen molar-refractivity contribution in [2.24, 2.45) is 0 Å². The van der Waals surface area contributed by atoms with Gasteiger partial charge in [0.2, 0.25) is 5.01 Å². The topological polar surface area (TPSA) is 35.0 Å². The number of ether oxygens (including phenoxy) is 1. The van der Waals surface area contributed by atoms with E-state index in [1.54, 1.807) is 7.11 Å². The molecule has 20 heavy (non-hydrogen) atoms. The quantitative estimate of drug-likeness (QED) is 0.779. The minimum atomic E-state index is -4.43. The highest BCUT2D eigenvalue weighted by molar-refractivity contribution is 8.01. The van der Waals surface area contributed by atoms with Gasteiger partial charge in [0.05, 0.1) is 6.10 Å². The molecule has 1 aromatic carbocycles. The van der Waals surface area contributed by atoms with Gasteiger partial charge in [0.25, 0.3) is 0 Å². The van der Waals surface area contributed by atoms with E-state index < -0.39 is 11.2 Å². The molecule has 1 heterocycles. The van der Waals surface area contributed by atoms with Gasteiger partial charge >= 0.3 is 6.18 Å². The zero-order valence-electron chi connectivity index (χ0n) is 10.4. The lowest BCUT2D eigenvalue weighted by Crippen LogP contribution is -2.04. The van der Waals surface area contributed by atoms with Gasteiger partial charge in [-0.2, -0.15) is 13.2 Å². The Kier molecular flexibility index (Phi) is 5.00. The number of hydrogen-bond donors (Lipinski definition) is 0. The number of hydrogen-bond acceptors (Lipinski definition) is 5. The molecule has 0 saturated carbocycles. The molecule has 2 rings (SSSR count). The molecule has 0 spiro atoms. The molecule has 0 radical (unpaired) electrons. The number of alkyl halides is 3. The van der Waals surface area contributed by atoms with Crippen LogP contribution in [0.5, 0.6) is 0 Å². The van der Waals surface area contributed by atoms with Gasteiger partial charge < -0.3 is 4.74 Å². The van der Waals surface area contributed by atoms with E-state index in [-0.39, 0.29) is 10.4 Å². The van der Waals surface area contributed by atoms with Gasteiger partial charge in [0.15, 0.2) is 4.34 Å². The summed E-state index contributed by atoms with van der Waals surface area (Å²) in [4.78, 5) is 0. The summed E-state index contributed by atoms with van der Waals surface area (Å²) < 4.78 is 42.8. The molecule has 1 aromatic heterocycles. The predicted molar refractivity (Wildman–Crippen MR) is 71.8 cm³/mol. The largest absolute Gasteiger partial charge is 0.445 e. The van der Waals surface area contributed by atoms with Gasteiger partial charge in [-0.15, -0.1) is 10.2 Å².